The first-order chi connectivity index (χ1) is 10.0. The highest BCUT2D eigenvalue weighted by molar-refractivity contribution is 9.10. The molecule has 0 saturated heterocycles. The smallest absolute Gasteiger partial charge is 0.342 e. The maximum Gasteiger partial charge on any atom is 0.342 e. The van der Waals surface area contributed by atoms with Crippen LogP contribution in [-0.4, -0.2) is 20.1 Å². The molecule has 0 aromatic heterocycles. The molecule has 0 aliphatic heterocycles. The minimum absolute atomic E-state index is 0.0564. The SMILES string of the molecule is COC(=O)c1c(F)cc(Br)cc1N(C)Cc1ccccc1. The van der Waals surface area contributed by atoms with Crippen molar-refractivity contribution < 1.29 is 13.9 Å². The van der Waals surface area contributed by atoms with Crippen molar-refractivity contribution in [1.29, 1.82) is 0 Å². The zero-order chi connectivity index (χ0) is 15.4. The third-order valence-electron chi connectivity index (χ3n) is 3.10. The summed E-state index contributed by atoms with van der Waals surface area (Å²) in [5, 5.41) is 0. The third kappa shape index (κ3) is 3.61. The summed E-state index contributed by atoms with van der Waals surface area (Å²) in [4.78, 5) is 13.6. The predicted molar refractivity (Wildman–Crippen MR) is 84.0 cm³/mol. The summed E-state index contributed by atoms with van der Waals surface area (Å²) >= 11 is 3.25. The number of hydrogen-bond donors (Lipinski definition) is 0. The molecule has 0 heterocycles. The Kier molecular flexibility index (Phi) is 4.96. The fourth-order valence-electron chi connectivity index (χ4n) is 2.11. The highest BCUT2D eigenvalue weighted by Gasteiger charge is 2.21. The first kappa shape index (κ1) is 15.5. The van der Waals surface area contributed by atoms with Gasteiger partial charge >= 0.3 is 5.97 Å². The third-order valence-corrected chi connectivity index (χ3v) is 3.56. The quantitative estimate of drug-likeness (QED) is 0.779. The van der Waals surface area contributed by atoms with Gasteiger partial charge in [0.1, 0.15) is 11.4 Å². The first-order valence-electron chi connectivity index (χ1n) is 6.35. The Hall–Kier alpha value is -1.88. The van der Waals surface area contributed by atoms with Crippen LogP contribution < -0.4 is 4.90 Å². The molecule has 0 fully saturated rings. The van der Waals surface area contributed by atoms with Gasteiger partial charge in [0.15, 0.2) is 0 Å². The summed E-state index contributed by atoms with van der Waals surface area (Å²) in [6, 6.07) is 12.7. The zero-order valence-corrected chi connectivity index (χ0v) is 13.4. The van der Waals surface area contributed by atoms with Crippen LogP contribution in [0.5, 0.6) is 0 Å². The fraction of sp³-hybridized carbons (Fsp3) is 0.188. The molecule has 0 N–H and O–H groups in total. The van der Waals surface area contributed by atoms with E-state index in [2.05, 4.69) is 20.7 Å². The van der Waals surface area contributed by atoms with E-state index < -0.39 is 11.8 Å². The number of rotatable bonds is 4. The Labute approximate surface area is 131 Å². The Morgan fingerprint density at radius 3 is 2.57 bits per heavy atom. The van der Waals surface area contributed by atoms with Crippen molar-refractivity contribution in [3.8, 4) is 0 Å². The van der Waals surface area contributed by atoms with Crippen LogP contribution in [0.4, 0.5) is 10.1 Å². The van der Waals surface area contributed by atoms with Gasteiger partial charge in [0.2, 0.25) is 0 Å². The summed E-state index contributed by atoms with van der Waals surface area (Å²) in [5.74, 6) is -1.29. The van der Waals surface area contributed by atoms with Crippen LogP contribution in [0.1, 0.15) is 15.9 Å². The minimum Gasteiger partial charge on any atom is -0.465 e. The molecular weight excluding hydrogens is 337 g/mol. The number of ether oxygens (including phenoxy) is 1. The van der Waals surface area contributed by atoms with Gasteiger partial charge in [-0.1, -0.05) is 46.3 Å². The van der Waals surface area contributed by atoms with E-state index in [0.29, 0.717) is 16.7 Å². The number of benzene rings is 2. The maximum atomic E-state index is 14.1. The van der Waals surface area contributed by atoms with Crippen molar-refractivity contribution in [2.24, 2.45) is 0 Å². The molecule has 3 nitrogen and oxygen atoms in total. The Morgan fingerprint density at radius 1 is 1.29 bits per heavy atom. The lowest BCUT2D eigenvalue weighted by atomic mass is 10.1. The molecule has 0 saturated carbocycles. The fourth-order valence-corrected chi connectivity index (χ4v) is 2.53. The Balaban J connectivity index is 2.39. The molecule has 0 amide bonds. The van der Waals surface area contributed by atoms with Gasteiger partial charge in [0.25, 0.3) is 0 Å². The van der Waals surface area contributed by atoms with E-state index >= 15 is 0 Å². The monoisotopic (exact) mass is 351 g/mol. The van der Waals surface area contributed by atoms with Gasteiger partial charge in [-0.2, -0.15) is 0 Å². The summed E-state index contributed by atoms with van der Waals surface area (Å²) in [6.07, 6.45) is 0. The van der Waals surface area contributed by atoms with E-state index in [4.69, 9.17) is 0 Å². The molecule has 110 valence electrons. The van der Waals surface area contributed by atoms with Gasteiger partial charge in [-0.05, 0) is 17.7 Å². The molecule has 0 radical (unpaired) electrons. The molecule has 2 aromatic carbocycles. The summed E-state index contributed by atoms with van der Waals surface area (Å²) < 4.78 is 19.3. The van der Waals surface area contributed by atoms with Gasteiger partial charge in [-0.3, -0.25) is 0 Å². The van der Waals surface area contributed by atoms with Crippen molar-refractivity contribution in [3.63, 3.8) is 0 Å². The average molecular weight is 352 g/mol. The Bertz CT molecular complexity index is 646. The average Bonchev–Trinajstić information content (AvgIpc) is 2.46. The van der Waals surface area contributed by atoms with E-state index in [1.54, 1.807) is 13.1 Å². The van der Waals surface area contributed by atoms with E-state index in [1.165, 1.54) is 13.2 Å². The summed E-state index contributed by atoms with van der Waals surface area (Å²) in [7, 11) is 3.05. The van der Waals surface area contributed by atoms with E-state index in [9.17, 15) is 9.18 Å². The van der Waals surface area contributed by atoms with E-state index in [-0.39, 0.29) is 5.56 Å². The van der Waals surface area contributed by atoms with Gasteiger partial charge in [0, 0.05) is 18.1 Å². The number of carbonyl (C=O) groups is 1. The largest absolute Gasteiger partial charge is 0.465 e. The van der Waals surface area contributed by atoms with Crippen LogP contribution in [0.3, 0.4) is 0 Å². The number of nitrogens with zero attached hydrogens (tertiary/aromatic N) is 1. The topological polar surface area (TPSA) is 29.5 Å². The minimum atomic E-state index is -0.685. The number of halogens is 2. The van der Waals surface area contributed by atoms with Crippen LogP contribution in [0, 0.1) is 5.82 Å². The molecule has 0 spiro atoms. The second-order valence-electron chi connectivity index (χ2n) is 4.61. The van der Waals surface area contributed by atoms with Crippen LogP contribution in [0.15, 0.2) is 46.9 Å². The molecular formula is C16H15BrFNO2. The number of carbonyl (C=O) groups excluding carboxylic acids is 1. The maximum absolute atomic E-state index is 14.1. The molecule has 0 bridgehead atoms. The van der Waals surface area contributed by atoms with Gasteiger partial charge < -0.3 is 9.64 Å². The van der Waals surface area contributed by atoms with Crippen LogP contribution in [0.25, 0.3) is 0 Å². The second kappa shape index (κ2) is 6.72. The highest BCUT2D eigenvalue weighted by atomic mass is 79.9. The lowest BCUT2D eigenvalue weighted by molar-refractivity contribution is 0.0596. The van der Waals surface area contributed by atoms with Crippen LogP contribution >= 0.6 is 15.9 Å². The van der Waals surface area contributed by atoms with Gasteiger partial charge in [0.05, 0.1) is 12.8 Å². The standard InChI is InChI=1S/C16H15BrFNO2/c1-19(10-11-6-4-3-5-7-11)14-9-12(17)8-13(18)15(14)16(20)21-2/h3-9H,10H2,1-2H3. The normalized spacial score (nSPS) is 10.3. The van der Waals surface area contributed by atoms with E-state index in [0.717, 1.165) is 5.56 Å². The van der Waals surface area contributed by atoms with Gasteiger partial charge in [-0.25, -0.2) is 9.18 Å². The van der Waals surface area contributed by atoms with Crippen LogP contribution in [-0.2, 0) is 11.3 Å². The number of hydrogen-bond acceptors (Lipinski definition) is 3. The molecule has 21 heavy (non-hydrogen) atoms. The number of anilines is 1. The van der Waals surface area contributed by atoms with E-state index in [1.807, 2.05) is 35.2 Å². The second-order valence-corrected chi connectivity index (χ2v) is 5.53. The summed E-state index contributed by atoms with van der Waals surface area (Å²) in [5.41, 5.74) is 1.49. The Morgan fingerprint density at radius 2 is 1.95 bits per heavy atom. The van der Waals surface area contributed by atoms with Crippen molar-refractivity contribution in [3.05, 3.63) is 63.9 Å². The lowest BCUT2D eigenvalue weighted by Gasteiger charge is -2.22. The predicted octanol–water partition coefficient (Wildman–Crippen LogP) is 4.01. The highest BCUT2D eigenvalue weighted by Crippen LogP contribution is 2.29. The van der Waals surface area contributed by atoms with Crippen LogP contribution in [0.2, 0.25) is 0 Å². The number of esters is 1. The molecule has 0 aliphatic rings. The zero-order valence-electron chi connectivity index (χ0n) is 11.8. The van der Waals surface area contributed by atoms with Crippen molar-refractivity contribution in [2.75, 3.05) is 19.1 Å². The van der Waals surface area contributed by atoms with Crippen molar-refractivity contribution in [1.82, 2.24) is 0 Å². The molecule has 5 heteroatoms. The van der Waals surface area contributed by atoms with Crippen molar-refractivity contribution >= 4 is 27.6 Å². The molecule has 2 aromatic rings. The van der Waals surface area contributed by atoms with Crippen molar-refractivity contribution in [2.45, 2.75) is 6.54 Å². The lowest BCUT2D eigenvalue weighted by Crippen LogP contribution is -2.21. The molecule has 0 unspecified atom stereocenters. The van der Waals surface area contributed by atoms with Gasteiger partial charge in [-0.15, -0.1) is 0 Å². The molecule has 0 atom stereocenters. The molecule has 2 rings (SSSR count). The summed E-state index contributed by atoms with van der Waals surface area (Å²) in [6.45, 7) is 0.556. The molecule has 0 aliphatic carbocycles. The number of methoxy groups -OCH3 is 1. The first-order valence-corrected chi connectivity index (χ1v) is 7.14.